The first-order valence-corrected chi connectivity index (χ1v) is 6.68. The molecule has 2 aromatic heterocycles. The smallest absolute Gasteiger partial charge is 0.273 e. The summed E-state index contributed by atoms with van der Waals surface area (Å²) in [5.74, 6) is 0.706. The highest BCUT2D eigenvalue weighted by molar-refractivity contribution is 5.92. The van der Waals surface area contributed by atoms with E-state index in [9.17, 15) is 4.79 Å². The molecule has 0 fully saturated rings. The van der Waals surface area contributed by atoms with Gasteiger partial charge in [0.15, 0.2) is 5.69 Å². The Labute approximate surface area is 118 Å². The molecule has 1 amide bonds. The Hall–Kier alpha value is -2.11. The van der Waals surface area contributed by atoms with Gasteiger partial charge in [-0.25, -0.2) is 0 Å². The molecular weight excluding hydrogens is 256 g/mol. The van der Waals surface area contributed by atoms with Gasteiger partial charge in [-0.05, 0) is 32.8 Å². The lowest BCUT2D eigenvalue weighted by Gasteiger charge is -2.13. The molecule has 0 spiro atoms. The second-order valence-corrected chi connectivity index (χ2v) is 5.25. The van der Waals surface area contributed by atoms with Gasteiger partial charge >= 0.3 is 0 Å². The number of nitrogens with one attached hydrogen (secondary N) is 1. The predicted molar refractivity (Wildman–Crippen MR) is 74.4 cm³/mol. The van der Waals surface area contributed by atoms with E-state index < -0.39 is 0 Å². The summed E-state index contributed by atoms with van der Waals surface area (Å²) < 4.78 is 6.85. The molecule has 108 valence electrons. The molecule has 2 heterocycles. The van der Waals surface area contributed by atoms with Gasteiger partial charge in [0, 0.05) is 24.8 Å². The number of hydrogen-bond acceptors (Lipinski definition) is 4. The number of hydrogen-bond donors (Lipinski definition) is 1. The van der Waals surface area contributed by atoms with Crippen molar-refractivity contribution in [3.8, 4) is 0 Å². The van der Waals surface area contributed by atoms with E-state index in [0.29, 0.717) is 18.0 Å². The van der Waals surface area contributed by atoms with Crippen LogP contribution < -0.4 is 5.32 Å². The molecule has 20 heavy (non-hydrogen) atoms. The fourth-order valence-corrected chi connectivity index (χ4v) is 2.05. The second-order valence-electron chi connectivity index (χ2n) is 5.25. The van der Waals surface area contributed by atoms with E-state index in [1.807, 2.05) is 24.6 Å². The summed E-state index contributed by atoms with van der Waals surface area (Å²) in [6.07, 6.45) is 0. The Bertz CT molecular complexity index is 600. The average molecular weight is 276 g/mol. The van der Waals surface area contributed by atoms with Crippen molar-refractivity contribution in [2.24, 2.45) is 5.92 Å². The molecule has 0 aromatic carbocycles. The zero-order chi connectivity index (χ0) is 14.7. The van der Waals surface area contributed by atoms with Gasteiger partial charge in [0.25, 0.3) is 5.91 Å². The molecule has 0 aliphatic carbocycles. The van der Waals surface area contributed by atoms with Crippen LogP contribution >= 0.6 is 0 Å². The van der Waals surface area contributed by atoms with Crippen molar-refractivity contribution in [3.63, 3.8) is 0 Å². The van der Waals surface area contributed by atoms with Crippen molar-refractivity contribution in [3.05, 3.63) is 35.0 Å². The third kappa shape index (κ3) is 3.46. The first kappa shape index (κ1) is 14.3. The number of carbonyl (C=O) groups excluding carboxylic acids is 1. The van der Waals surface area contributed by atoms with Crippen LogP contribution in [-0.4, -0.2) is 27.4 Å². The zero-order valence-electron chi connectivity index (χ0n) is 12.3. The lowest BCUT2D eigenvalue weighted by atomic mass is 10.2. The van der Waals surface area contributed by atoms with E-state index in [2.05, 4.69) is 22.5 Å². The van der Waals surface area contributed by atoms with Crippen LogP contribution in [0.4, 0.5) is 0 Å². The minimum atomic E-state index is -0.206. The van der Waals surface area contributed by atoms with Gasteiger partial charge < -0.3 is 9.84 Å². The van der Waals surface area contributed by atoms with Crippen molar-refractivity contribution in [1.29, 1.82) is 0 Å². The zero-order valence-corrected chi connectivity index (χ0v) is 12.3. The minimum Gasteiger partial charge on any atom is -0.361 e. The van der Waals surface area contributed by atoms with Crippen molar-refractivity contribution in [2.45, 2.75) is 34.2 Å². The highest BCUT2D eigenvalue weighted by Gasteiger charge is 2.13. The Morgan fingerprint density at radius 2 is 2.15 bits per heavy atom. The minimum absolute atomic E-state index is 0.206. The summed E-state index contributed by atoms with van der Waals surface area (Å²) in [5, 5.41) is 11.0. The highest BCUT2D eigenvalue weighted by Crippen LogP contribution is 2.06. The molecule has 2 rings (SSSR count). The molecule has 0 aliphatic heterocycles. The lowest BCUT2D eigenvalue weighted by molar-refractivity contribution is 0.0937. The first-order chi connectivity index (χ1) is 9.45. The molecule has 2 aromatic rings. The van der Waals surface area contributed by atoms with E-state index in [-0.39, 0.29) is 11.8 Å². The summed E-state index contributed by atoms with van der Waals surface area (Å²) in [4.78, 5) is 11.8. The number of aromatic nitrogens is 3. The van der Waals surface area contributed by atoms with E-state index in [1.54, 1.807) is 13.0 Å². The first-order valence-electron chi connectivity index (χ1n) is 6.68. The normalized spacial score (nSPS) is 12.4. The van der Waals surface area contributed by atoms with Gasteiger partial charge in [0.2, 0.25) is 0 Å². The Morgan fingerprint density at radius 3 is 2.70 bits per heavy atom. The standard InChI is InChI=1S/C14H20N4O2/c1-9(8-18-11(3)5-10(2)16-18)7-15-14(19)13-6-12(4)20-17-13/h5-6,9H,7-8H2,1-4H3,(H,15,19)/t9-/m0/s1. The summed E-state index contributed by atoms with van der Waals surface area (Å²) in [6.45, 7) is 9.19. The maximum atomic E-state index is 11.8. The highest BCUT2D eigenvalue weighted by atomic mass is 16.5. The van der Waals surface area contributed by atoms with Crippen molar-refractivity contribution in [1.82, 2.24) is 20.3 Å². The van der Waals surface area contributed by atoms with Gasteiger partial charge in [-0.1, -0.05) is 12.1 Å². The van der Waals surface area contributed by atoms with E-state index in [0.717, 1.165) is 17.9 Å². The molecule has 0 unspecified atom stereocenters. The quantitative estimate of drug-likeness (QED) is 0.904. The number of aryl methyl sites for hydroxylation is 3. The maximum Gasteiger partial charge on any atom is 0.273 e. The molecule has 0 saturated heterocycles. The molecule has 0 radical (unpaired) electrons. The molecule has 6 nitrogen and oxygen atoms in total. The maximum absolute atomic E-state index is 11.8. The number of amides is 1. The van der Waals surface area contributed by atoms with Crippen LogP contribution in [0.3, 0.4) is 0 Å². The lowest BCUT2D eigenvalue weighted by Crippen LogP contribution is -2.30. The number of carbonyl (C=O) groups is 1. The fourth-order valence-electron chi connectivity index (χ4n) is 2.05. The van der Waals surface area contributed by atoms with E-state index >= 15 is 0 Å². The Kier molecular flexibility index (Phi) is 4.22. The molecule has 1 atom stereocenters. The number of nitrogens with zero attached hydrogens (tertiary/aromatic N) is 3. The summed E-state index contributed by atoms with van der Waals surface area (Å²) >= 11 is 0. The third-order valence-corrected chi connectivity index (χ3v) is 3.06. The van der Waals surface area contributed by atoms with Gasteiger partial charge in [-0.15, -0.1) is 0 Å². The van der Waals surface area contributed by atoms with Crippen LogP contribution in [0.15, 0.2) is 16.7 Å². The summed E-state index contributed by atoms with van der Waals surface area (Å²) in [5.41, 5.74) is 2.46. The molecule has 0 bridgehead atoms. The van der Waals surface area contributed by atoms with Crippen LogP contribution in [0.1, 0.15) is 34.6 Å². The monoisotopic (exact) mass is 276 g/mol. The molecule has 0 aliphatic rings. The van der Waals surface area contributed by atoms with Gasteiger partial charge in [0.05, 0.1) is 5.69 Å². The van der Waals surface area contributed by atoms with E-state index in [1.165, 1.54) is 0 Å². The van der Waals surface area contributed by atoms with Crippen LogP contribution in [0.25, 0.3) is 0 Å². The topological polar surface area (TPSA) is 73.0 Å². The van der Waals surface area contributed by atoms with Crippen molar-refractivity contribution in [2.75, 3.05) is 6.54 Å². The van der Waals surface area contributed by atoms with Crippen molar-refractivity contribution >= 4 is 5.91 Å². The Balaban J connectivity index is 1.84. The molecular formula is C14H20N4O2. The second kappa shape index (κ2) is 5.90. The third-order valence-electron chi connectivity index (χ3n) is 3.06. The molecule has 1 N–H and O–H groups in total. The summed E-state index contributed by atoms with van der Waals surface area (Å²) in [7, 11) is 0. The van der Waals surface area contributed by atoms with Gasteiger partial charge in [-0.2, -0.15) is 5.10 Å². The average Bonchev–Trinajstić information content (AvgIpc) is 2.93. The SMILES string of the molecule is Cc1cc(C)n(C[C@@H](C)CNC(=O)c2cc(C)on2)n1. The van der Waals surface area contributed by atoms with Crippen LogP contribution in [-0.2, 0) is 6.54 Å². The van der Waals surface area contributed by atoms with Crippen LogP contribution in [0, 0.1) is 26.7 Å². The van der Waals surface area contributed by atoms with Gasteiger partial charge in [-0.3, -0.25) is 9.48 Å². The molecule has 0 saturated carbocycles. The van der Waals surface area contributed by atoms with E-state index in [4.69, 9.17) is 4.52 Å². The van der Waals surface area contributed by atoms with Crippen LogP contribution in [0.5, 0.6) is 0 Å². The molecule has 6 heteroatoms. The van der Waals surface area contributed by atoms with Crippen LogP contribution in [0.2, 0.25) is 0 Å². The Morgan fingerprint density at radius 1 is 1.40 bits per heavy atom. The number of rotatable bonds is 5. The van der Waals surface area contributed by atoms with Crippen molar-refractivity contribution < 1.29 is 9.32 Å². The fraction of sp³-hybridized carbons (Fsp3) is 0.500. The largest absolute Gasteiger partial charge is 0.361 e. The summed E-state index contributed by atoms with van der Waals surface area (Å²) in [6, 6.07) is 3.67. The predicted octanol–water partition coefficient (Wildman–Crippen LogP) is 1.86. The van der Waals surface area contributed by atoms with Gasteiger partial charge in [0.1, 0.15) is 5.76 Å².